The maximum Gasteiger partial charge on any atom is 0.335 e. The van der Waals surface area contributed by atoms with Crippen LogP contribution in [0.15, 0.2) is 42.5 Å². The molecule has 1 aliphatic rings. The first kappa shape index (κ1) is 16.3. The van der Waals surface area contributed by atoms with Crippen molar-refractivity contribution >= 4 is 17.6 Å². The second-order valence-corrected chi connectivity index (χ2v) is 6.92. The summed E-state index contributed by atoms with van der Waals surface area (Å²) in [6.45, 7) is 7.36. The standard InChI is InChI=1S/C21H22O3/c1-14(13-15-7-9-16(10-8-15)20(22)23)17-5-4-6-18-19(17)21(2,3)11-12-24-18/h4-10,13H,11-12H2,1-3H3,(H,22,23)/b14-13+. The van der Waals surface area contributed by atoms with Crippen LogP contribution in [0.2, 0.25) is 0 Å². The van der Waals surface area contributed by atoms with E-state index in [1.54, 1.807) is 12.1 Å². The lowest BCUT2D eigenvalue weighted by Crippen LogP contribution is -2.27. The number of carbonyl (C=O) groups is 1. The summed E-state index contributed by atoms with van der Waals surface area (Å²) in [5.74, 6) is 0.0657. The van der Waals surface area contributed by atoms with Gasteiger partial charge in [0.1, 0.15) is 5.75 Å². The normalized spacial score (nSPS) is 16.2. The van der Waals surface area contributed by atoms with E-state index in [4.69, 9.17) is 9.84 Å². The minimum atomic E-state index is -0.904. The second-order valence-electron chi connectivity index (χ2n) is 6.92. The molecule has 3 heteroatoms. The molecule has 0 aromatic heterocycles. The predicted octanol–water partition coefficient (Wildman–Crippen LogP) is 5.01. The first-order valence-corrected chi connectivity index (χ1v) is 8.17. The van der Waals surface area contributed by atoms with E-state index in [1.807, 2.05) is 24.3 Å². The van der Waals surface area contributed by atoms with E-state index >= 15 is 0 Å². The van der Waals surface area contributed by atoms with Crippen molar-refractivity contribution in [2.75, 3.05) is 6.61 Å². The molecular formula is C21H22O3. The van der Waals surface area contributed by atoms with E-state index in [0.717, 1.165) is 29.9 Å². The van der Waals surface area contributed by atoms with Gasteiger partial charge in [0.2, 0.25) is 0 Å². The lowest BCUT2D eigenvalue weighted by Gasteiger charge is -2.34. The molecule has 3 nitrogen and oxygen atoms in total. The van der Waals surface area contributed by atoms with E-state index in [9.17, 15) is 4.79 Å². The van der Waals surface area contributed by atoms with E-state index < -0.39 is 5.97 Å². The lowest BCUT2D eigenvalue weighted by molar-refractivity contribution is 0.0697. The van der Waals surface area contributed by atoms with Gasteiger partial charge < -0.3 is 9.84 Å². The van der Waals surface area contributed by atoms with Crippen molar-refractivity contribution < 1.29 is 14.6 Å². The summed E-state index contributed by atoms with van der Waals surface area (Å²) in [6, 6.07) is 13.1. The Morgan fingerprint density at radius 3 is 2.54 bits per heavy atom. The van der Waals surface area contributed by atoms with Crippen LogP contribution in [0.4, 0.5) is 0 Å². The molecule has 2 aromatic rings. The summed E-state index contributed by atoms with van der Waals surface area (Å²) in [5, 5.41) is 9.00. The highest BCUT2D eigenvalue weighted by Crippen LogP contribution is 2.42. The Bertz CT molecular complexity index is 798. The monoisotopic (exact) mass is 322 g/mol. The zero-order chi connectivity index (χ0) is 17.3. The molecule has 0 aliphatic carbocycles. The molecule has 0 atom stereocenters. The van der Waals surface area contributed by atoms with Crippen molar-refractivity contribution in [3.8, 4) is 5.75 Å². The Kier molecular flexibility index (Phi) is 4.18. The number of hydrogen-bond acceptors (Lipinski definition) is 2. The molecule has 0 saturated heterocycles. The number of rotatable bonds is 3. The van der Waals surface area contributed by atoms with Crippen LogP contribution in [0.25, 0.3) is 11.6 Å². The summed E-state index contributed by atoms with van der Waals surface area (Å²) in [7, 11) is 0. The minimum absolute atomic E-state index is 0.0758. The molecule has 0 amide bonds. The first-order chi connectivity index (χ1) is 11.4. The second kappa shape index (κ2) is 6.16. The summed E-state index contributed by atoms with van der Waals surface area (Å²) in [6.07, 6.45) is 3.09. The Labute approximate surface area is 142 Å². The summed E-state index contributed by atoms with van der Waals surface area (Å²) >= 11 is 0. The molecule has 0 fully saturated rings. The summed E-state index contributed by atoms with van der Waals surface area (Å²) in [4.78, 5) is 11.0. The highest BCUT2D eigenvalue weighted by molar-refractivity contribution is 5.88. The third kappa shape index (κ3) is 3.07. The molecule has 1 heterocycles. The van der Waals surface area contributed by atoms with Crippen LogP contribution in [-0.4, -0.2) is 17.7 Å². The zero-order valence-electron chi connectivity index (χ0n) is 14.3. The quantitative estimate of drug-likeness (QED) is 0.808. The Morgan fingerprint density at radius 1 is 1.17 bits per heavy atom. The number of benzene rings is 2. The van der Waals surface area contributed by atoms with Crippen LogP contribution in [0.1, 0.15) is 54.2 Å². The van der Waals surface area contributed by atoms with Crippen LogP contribution in [-0.2, 0) is 5.41 Å². The summed E-state index contributed by atoms with van der Waals surface area (Å²) < 4.78 is 5.85. The topological polar surface area (TPSA) is 46.5 Å². The number of fused-ring (bicyclic) bond motifs is 1. The van der Waals surface area contributed by atoms with E-state index in [0.29, 0.717) is 5.56 Å². The molecule has 124 valence electrons. The molecule has 0 radical (unpaired) electrons. The number of ether oxygens (including phenoxy) is 1. The average Bonchev–Trinajstić information content (AvgIpc) is 2.54. The lowest BCUT2D eigenvalue weighted by atomic mass is 9.76. The number of hydrogen-bond donors (Lipinski definition) is 1. The fourth-order valence-electron chi connectivity index (χ4n) is 3.27. The molecule has 2 aromatic carbocycles. The van der Waals surface area contributed by atoms with Gasteiger partial charge in [-0.2, -0.15) is 0 Å². The van der Waals surface area contributed by atoms with Gasteiger partial charge in [-0.3, -0.25) is 0 Å². The molecule has 1 aliphatic heterocycles. The smallest absolute Gasteiger partial charge is 0.335 e. The molecule has 0 saturated carbocycles. The highest BCUT2D eigenvalue weighted by atomic mass is 16.5. The van der Waals surface area contributed by atoms with E-state index in [2.05, 4.69) is 32.9 Å². The average molecular weight is 322 g/mol. The molecule has 1 N–H and O–H groups in total. The molecule has 24 heavy (non-hydrogen) atoms. The van der Waals surface area contributed by atoms with Crippen molar-refractivity contribution in [2.24, 2.45) is 0 Å². The van der Waals surface area contributed by atoms with E-state index in [-0.39, 0.29) is 5.41 Å². The fraction of sp³-hybridized carbons (Fsp3) is 0.286. The molecular weight excluding hydrogens is 300 g/mol. The Balaban J connectivity index is 2.01. The van der Waals surface area contributed by atoms with Crippen LogP contribution >= 0.6 is 0 Å². The van der Waals surface area contributed by atoms with Gasteiger partial charge >= 0.3 is 5.97 Å². The maximum absolute atomic E-state index is 11.0. The SMILES string of the molecule is C/C(=C\c1ccc(C(=O)O)cc1)c1cccc2c1C(C)(C)CCO2. The van der Waals surface area contributed by atoms with Crippen LogP contribution in [0.5, 0.6) is 5.75 Å². The van der Waals surface area contributed by atoms with Gasteiger partial charge in [0.15, 0.2) is 0 Å². The predicted molar refractivity (Wildman–Crippen MR) is 96.5 cm³/mol. The van der Waals surface area contributed by atoms with Crippen LogP contribution < -0.4 is 4.74 Å². The van der Waals surface area contributed by atoms with Crippen molar-refractivity contribution in [2.45, 2.75) is 32.6 Å². The van der Waals surface area contributed by atoms with Gasteiger partial charge in [-0.25, -0.2) is 4.79 Å². The van der Waals surface area contributed by atoms with Gasteiger partial charge in [-0.15, -0.1) is 0 Å². The van der Waals surface area contributed by atoms with Crippen molar-refractivity contribution in [3.05, 3.63) is 64.7 Å². The van der Waals surface area contributed by atoms with Crippen LogP contribution in [0, 0.1) is 0 Å². The first-order valence-electron chi connectivity index (χ1n) is 8.17. The van der Waals surface area contributed by atoms with Gasteiger partial charge in [0.05, 0.1) is 12.2 Å². The largest absolute Gasteiger partial charge is 0.493 e. The van der Waals surface area contributed by atoms with Gasteiger partial charge in [0.25, 0.3) is 0 Å². The van der Waals surface area contributed by atoms with Gasteiger partial charge in [0, 0.05) is 5.56 Å². The minimum Gasteiger partial charge on any atom is -0.493 e. The van der Waals surface area contributed by atoms with Gasteiger partial charge in [-0.05, 0) is 53.7 Å². The number of carboxylic acids is 1. The van der Waals surface area contributed by atoms with Crippen molar-refractivity contribution in [1.82, 2.24) is 0 Å². The molecule has 0 spiro atoms. The maximum atomic E-state index is 11.0. The molecule has 3 rings (SSSR count). The van der Waals surface area contributed by atoms with E-state index in [1.165, 1.54) is 11.1 Å². The third-order valence-electron chi connectivity index (χ3n) is 4.65. The number of carboxylic acid groups (broad SMARTS) is 1. The highest BCUT2D eigenvalue weighted by Gasteiger charge is 2.31. The Hall–Kier alpha value is -2.55. The van der Waals surface area contributed by atoms with Crippen molar-refractivity contribution in [1.29, 1.82) is 0 Å². The zero-order valence-corrected chi connectivity index (χ0v) is 14.3. The number of aromatic carboxylic acids is 1. The molecule has 0 unspecified atom stereocenters. The Morgan fingerprint density at radius 2 is 1.88 bits per heavy atom. The van der Waals surface area contributed by atoms with Crippen molar-refractivity contribution in [3.63, 3.8) is 0 Å². The fourth-order valence-corrected chi connectivity index (χ4v) is 3.27. The third-order valence-corrected chi connectivity index (χ3v) is 4.65. The summed E-state index contributed by atoms with van der Waals surface area (Å²) in [5.41, 5.74) is 4.97. The van der Waals surface area contributed by atoms with Crippen LogP contribution in [0.3, 0.4) is 0 Å². The number of allylic oxidation sites excluding steroid dienone is 1. The molecule has 0 bridgehead atoms. The van der Waals surface area contributed by atoms with Gasteiger partial charge in [-0.1, -0.05) is 44.2 Å².